The van der Waals surface area contributed by atoms with Crippen LogP contribution in [-0.4, -0.2) is 59.5 Å². The molecule has 6 nitrogen and oxygen atoms in total. The lowest BCUT2D eigenvalue weighted by atomic mass is 10.3. The standard InChI is InChI=1S/C17H21N5OS/c23-17(19-5-2-8-21-9-6-18-7-10-21)14-11-13-12-20-15-3-1-4-16(24-14)22(13)15/h1,3-4,11-12,18H,2,5-10H2,(H,19,23). The van der Waals surface area contributed by atoms with Gasteiger partial charge in [-0.2, -0.15) is 0 Å². The first-order valence-electron chi connectivity index (χ1n) is 8.38. The quantitative estimate of drug-likeness (QED) is 0.799. The molecular formula is C17H21N5OS. The first-order valence-corrected chi connectivity index (χ1v) is 9.20. The molecule has 1 saturated heterocycles. The third-order valence-corrected chi connectivity index (χ3v) is 5.44. The second kappa shape index (κ2) is 6.96. The minimum Gasteiger partial charge on any atom is -0.352 e. The molecule has 4 rings (SSSR count). The second-order valence-electron chi connectivity index (χ2n) is 6.05. The number of amides is 1. The van der Waals surface area contributed by atoms with Gasteiger partial charge in [-0.1, -0.05) is 17.8 Å². The van der Waals surface area contributed by atoms with E-state index in [0.29, 0.717) is 6.54 Å². The fraction of sp³-hybridized carbons (Fsp3) is 0.412. The highest BCUT2D eigenvalue weighted by molar-refractivity contribution is 8.04. The van der Waals surface area contributed by atoms with Crippen LogP contribution in [0.1, 0.15) is 12.1 Å². The van der Waals surface area contributed by atoms with Crippen molar-refractivity contribution in [1.82, 2.24) is 24.9 Å². The number of hydrogen-bond acceptors (Lipinski definition) is 5. The van der Waals surface area contributed by atoms with E-state index in [-0.39, 0.29) is 5.91 Å². The Kier molecular flexibility index (Phi) is 4.55. The molecule has 4 heterocycles. The molecule has 2 aromatic rings. The number of pyridine rings is 1. The molecule has 0 bridgehead atoms. The molecule has 0 spiro atoms. The molecular weight excluding hydrogens is 322 g/mol. The molecule has 126 valence electrons. The summed E-state index contributed by atoms with van der Waals surface area (Å²) in [5.74, 6) is 0.00441. The van der Waals surface area contributed by atoms with E-state index in [4.69, 9.17) is 0 Å². The average Bonchev–Trinajstić information content (AvgIpc) is 3.04. The Morgan fingerprint density at radius 2 is 2.21 bits per heavy atom. The van der Waals surface area contributed by atoms with Crippen molar-refractivity contribution >= 4 is 29.4 Å². The molecule has 0 saturated carbocycles. The van der Waals surface area contributed by atoms with Crippen LogP contribution < -0.4 is 10.6 Å². The highest BCUT2D eigenvalue weighted by Crippen LogP contribution is 2.34. The minimum atomic E-state index is 0.00441. The van der Waals surface area contributed by atoms with Crippen molar-refractivity contribution in [3.05, 3.63) is 35.0 Å². The van der Waals surface area contributed by atoms with E-state index >= 15 is 0 Å². The molecule has 0 aromatic carbocycles. The van der Waals surface area contributed by atoms with Crippen LogP contribution in [0.15, 0.2) is 34.3 Å². The third kappa shape index (κ3) is 3.19. The van der Waals surface area contributed by atoms with Crippen LogP contribution in [0.5, 0.6) is 0 Å². The van der Waals surface area contributed by atoms with Gasteiger partial charge in [0.1, 0.15) is 5.65 Å². The van der Waals surface area contributed by atoms with Crippen LogP contribution in [0.3, 0.4) is 0 Å². The summed E-state index contributed by atoms with van der Waals surface area (Å²) in [5.41, 5.74) is 1.88. The number of piperazine rings is 1. The molecule has 24 heavy (non-hydrogen) atoms. The average molecular weight is 343 g/mol. The van der Waals surface area contributed by atoms with Gasteiger partial charge in [0.15, 0.2) is 0 Å². The smallest absolute Gasteiger partial charge is 0.258 e. The van der Waals surface area contributed by atoms with Gasteiger partial charge in [-0.3, -0.25) is 9.20 Å². The molecule has 2 aliphatic heterocycles. The number of carbonyl (C=O) groups is 1. The number of hydrogen-bond donors (Lipinski definition) is 2. The van der Waals surface area contributed by atoms with Gasteiger partial charge in [-0.25, -0.2) is 4.98 Å². The Morgan fingerprint density at radius 1 is 1.33 bits per heavy atom. The van der Waals surface area contributed by atoms with Crippen LogP contribution in [0.25, 0.3) is 11.7 Å². The van der Waals surface area contributed by atoms with Crippen molar-refractivity contribution < 1.29 is 4.79 Å². The molecule has 7 heteroatoms. The molecule has 2 N–H and O–H groups in total. The van der Waals surface area contributed by atoms with Crippen molar-refractivity contribution in [2.75, 3.05) is 39.3 Å². The monoisotopic (exact) mass is 343 g/mol. The minimum absolute atomic E-state index is 0.00441. The van der Waals surface area contributed by atoms with E-state index in [1.165, 1.54) is 11.8 Å². The molecule has 1 amide bonds. The Labute approximate surface area is 145 Å². The van der Waals surface area contributed by atoms with Gasteiger partial charge in [0, 0.05) is 32.7 Å². The summed E-state index contributed by atoms with van der Waals surface area (Å²) in [6.07, 6.45) is 4.72. The number of nitrogens with one attached hydrogen (secondary N) is 2. The number of rotatable bonds is 5. The summed E-state index contributed by atoms with van der Waals surface area (Å²) in [7, 11) is 0. The lowest BCUT2D eigenvalue weighted by Crippen LogP contribution is -2.44. The maximum Gasteiger partial charge on any atom is 0.258 e. The molecule has 0 aliphatic carbocycles. The van der Waals surface area contributed by atoms with E-state index in [1.807, 2.05) is 30.5 Å². The fourth-order valence-electron chi connectivity index (χ4n) is 3.13. The summed E-state index contributed by atoms with van der Waals surface area (Å²) in [6.45, 7) is 6.08. The summed E-state index contributed by atoms with van der Waals surface area (Å²) >= 11 is 1.50. The Morgan fingerprint density at radius 3 is 3.08 bits per heavy atom. The first-order chi connectivity index (χ1) is 11.8. The SMILES string of the molecule is O=C(NCCCN1CCNCC1)C1=Cc2cnc3cccc(n23)S1. The highest BCUT2D eigenvalue weighted by Gasteiger charge is 2.19. The van der Waals surface area contributed by atoms with Gasteiger partial charge in [0.05, 0.1) is 21.8 Å². The second-order valence-corrected chi connectivity index (χ2v) is 7.11. The Balaban J connectivity index is 1.33. The van der Waals surface area contributed by atoms with Crippen molar-refractivity contribution in [3.8, 4) is 0 Å². The summed E-state index contributed by atoms with van der Waals surface area (Å²) < 4.78 is 2.08. The van der Waals surface area contributed by atoms with Crippen LogP contribution >= 0.6 is 11.8 Å². The van der Waals surface area contributed by atoms with E-state index in [9.17, 15) is 4.79 Å². The lowest BCUT2D eigenvalue weighted by molar-refractivity contribution is -0.116. The number of thioether (sulfide) groups is 1. The summed E-state index contributed by atoms with van der Waals surface area (Å²) in [6, 6.07) is 5.97. The first kappa shape index (κ1) is 15.7. The van der Waals surface area contributed by atoms with E-state index in [0.717, 1.165) is 60.4 Å². The predicted octanol–water partition coefficient (Wildman–Crippen LogP) is 1.19. The maximum atomic E-state index is 12.4. The van der Waals surface area contributed by atoms with Crippen molar-refractivity contribution in [2.24, 2.45) is 0 Å². The zero-order valence-corrected chi connectivity index (χ0v) is 14.3. The van der Waals surface area contributed by atoms with Crippen LogP contribution in [-0.2, 0) is 4.79 Å². The zero-order chi connectivity index (χ0) is 16.4. The van der Waals surface area contributed by atoms with E-state index < -0.39 is 0 Å². The molecule has 2 aliphatic rings. The molecule has 1 fully saturated rings. The van der Waals surface area contributed by atoms with Gasteiger partial charge in [0.25, 0.3) is 5.91 Å². The predicted molar refractivity (Wildman–Crippen MR) is 96.0 cm³/mol. The van der Waals surface area contributed by atoms with Gasteiger partial charge in [-0.05, 0) is 31.2 Å². The van der Waals surface area contributed by atoms with Gasteiger partial charge >= 0.3 is 0 Å². The molecule has 0 radical (unpaired) electrons. The van der Waals surface area contributed by atoms with Crippen LogP contribution in [0.4, 0.5) is 0 Å². The van der Waals surface area contributed by atoms with E-state index in [2.05, 4.69) is 24.9 Å². The number of imidazole rings is 1. The molecule has 0 unspecified atom stereocenters. The van der Waals surface area contributed by atoms with Crippen molar-refractivity contribution in [3.63, 3.8) is 0 Å². The fourth-order valence-corrected chi connectivity index (χ4v) is 4.13. The van der Waals surface area contributed by atoms with Gasteiger partial charge < -0.3 is 15.5 Å². The summed E-state index contributed by atoms with van der Waals surface area (Å²) in [4.78, 5) is 20.0. The molecule has 0 atom stereocenters. The van der Waals surface area contributed by atoms with Gasteiger partial charge in [-0.15, -0.1) is 0 Å². The summed E-state index contributed by atoms with van der Waals surface area (Å²) in [5, 5.41) is 7.43. The molecule has 2 aromatic heterocycles. The maximum absolute atomic E-state index is 12.4. The van der Waals surface area contributed by atoms with Crippen molar-refractivity contribution in [1.29, 1.82) is 0 Å². The van der Waals surface area contributed by atoms with Crippen LogP contribution in [0.2, 0.25) is 0 Å². The Hall–Kier alpha value is -1.83. The van der Waals surface area contributed by atoms with Crippen molar-refractivity contribution in [2.45, 2.75) is 11.4 Å². The topological polar surface area (TPSA) is 61.7 Å². The van der Waals surface area contributed by atoms with E-state index in [1.54, 1.807) is 0 Å². The van der Waals surface area contributed by atoms with Gasteiger partial charge in [0.2, 0.25) is 0 Å². The lowest BCUT2D eigenvalue weighted by Gasteiger charge is -2.27. The largest absolute Gasteiger partial charge is 0.352 e. The third-order valence-electron chi connectivity index (χ3n) is 4.38. The Bertz CT molecular complexity index is 778. The number of nitrogens with zero attached hydrogens (tertiary/aromatic N) is 3. The highest BCUT2D eigenvalue weighted by atomic mass is 32.2. The normalized spacial score (nSPS) is 17.8. The number of aromatic nitrogens is 2. The number of carbonyl (C=O) groups excluding carboxylic acids is 1. The zero-order valence-electron chi connectivity index (χ0n) is 13.5. The van der Waals surface area contributed by atoms with Crippen LogP contribution in [0, 0.1) is 0 Å².